The van der Waals surface area contributed by atoms with Gasteiger partial charge < -0.3 is 14.4 Å². The summed E-state index contributed by atoms with van der Waals surface area (Å²) in [5, 5.41) is 8.82. The molecular weight excluding hydrogens is 349 g/mol. The van der Waals surface area contributed by atoms with Crippen LogP contribution in [0.2, 0.25) is 0 Å². The van der Waals surface area contributed by atoms with Gasteiger partial charge in [-0.25, -0.2) is 4.39 Å². The fraction of sp³-hybridized carbons (Fsp3) is 0.429. The van der Waals surface area contributed by atoms with Gasteiger partial charge in [0.2, 0.25) is 5.91 Å². The summed E-state index contributed by atoms with van der Waals surface area (Å²) in [4.78, 5) is 25.1. The van der Waals surface area contributed by atoms with Gasteiger partial charge in [-0.05, 0) is 49.4 Å². The largest absolute Gasteiger partial charge is 0.481 e. The zero-order chi connectivity index (χ0) is 19.2. The first kappa shape index (κ1) is 19.1. The van der Waals surface area contributed by atoms with E-state index in [4.69, 9.17) is 9.52 Å². The first-order chi connectivity index (χ1) is 13.0. The smallest absolute Gasteiger partial charge is 0.303 e. The molecule has 1 aromatic carbocycles. The van der Waals surface area contributed by atoms with Crippen molar-refractivity contribution >= 4 is 11.9 Å². The second kappa shape index (κ2) is 8.84. The molecule has 0 radical (unpaired) electrons. The highest BCUT2D eigenvalue weighted by Gasteiger charge is 2.24. The van der Waals surface area contributed by atoms with Crippen LogP contribution < -0.4 is 0 Å². The number of halogens is 1. The van der Waals surface area contributed by atoms with Gasteiger partial charge in [0, 0.05) is 32.4 Å². The van der Waals surface area contributed by atoms with E-state index in [2.05, 4.69) is 0 Å². The number of aryl methyl sites for hydroxylation is 1. The minimum Gasteiger partial charge on any atom is -0.481 e. The molecule has 1 fully saturated rings. The Morgan fingerprint density at radius 2 is 2.00 bits per heavy atom. The topological polar surface area (TPSA) is 70.8 Å². The maximum atomic E-state index is 13.8. The number of carboxylic acid groups (broad SMARTS) is 1. The van der Waals surface area contributed by atoms with Crippen LogP contribution in [0.5, 0.6) is 0 Å². The molecule has 27 heavy (non-hydrogen) atoms. The number of hydrogen-bond donors (Lipinski definition) is 1. The molecule has 1 saturated heterocycles. The third-order valence-corrected chi connectivity index (χ3v) is 5.02. The van der Waals surface area contributed by atoms with E-state index >= 15 is 0 Å². The van der Waals surface area contributed by atoms with Crippen LogP contribution >= 0.6 is 0 Å². The van der Waals surface area contributed by atoms with E-state index < -0.39 is 5.97 Å². The summed E-state index contributed by atoms with van der Waals surface area (Å²) >= 11 is 0. The van der Waals surface area contributed by atoms with Gasteiger partial charge in [-0.15, -0.1) is 0 Å². The number of aliphatic carboxylic acids is 1. The lowest BCUT2D eigenvalue weighted by molar-refractivity contribution is -0.137. The summed E-state index contributed by atoms with van der Waals surface area (Å²) in [5.41, 5.74) is 0.410. The van der Waals surface area contributed by atoms with Gasteiger partial charge in [-0.3, -0.25) is 9.59 Å². The van der Waals surface area contributed by atoms with E-state index in [0.717, 1.165) is 19.4 Å². The van der Waals surface area contributed by atoms with Gasteiger partial charge in [-0.2, -0.15) is 0 Å². The predicted molar refractivity (Wildman–Crippen MR) is 98.6 cm³/mol. The zero-order valence-electron chi connectivity index (χ0n) is 15.2. The number of rotatable bonds is 7. The van der Waals surface area contributed by atoms with Crippen molar-refractivity contribution in [1.82, 2.24) is 4.90 Å². The molecule has 5 nitrogen and oxygen atoms in total. The minimum atomic E-state index is -0.790. The molecule has 0 saturated carbocycles. The van der Waals surface area contributed by atoms with Gasteiger partial charge in [0.25, 0.3) is 0 Å². The third kappa shape index (κ3) is 5.18. The molecule has 1 aromatic heterocycles. The molecule has 2 heterocycles. The van der Waals surface area contributed by atoms with E-state index in [-0.39, 0.29) is 24.1 Å². The molecule has 1 aliphatic rings. The van der Waals surface area contributed by atoms with E-state index in [9.17, 15) is 14.0 Å². The maximum absolute atomic E-state index is 13.8. The number of furan rings is 1. The van der Waals surface area contributed by atoms with E-state index in [0.29, 0.717) is 42.9 Å². The fourth-order valence-electron chi connectivity index (χ4n) is 3.56. The Morgan fingerprint density at radius 1 is 1.19 bits per heavy atom. The average Bonchev–Trinajstić information content (AvgIpc) is 3.14. The maximum Gasteiger partial charge on any atom is 0.303 e. The van der Waals surface area contributed by atoms with Crippen LogP contribution in [0.25, 0.3) is 11.3 Å². The Balaban J connectivity index is 1.52. The van der Waals surface area contributed by atoms with Crippen LogP contribution in [0.4, 0.5) is 4.39 Å². The molecule has 0 bridgehead atoms. The molecule has 1 atom stereocenters. The van der Waals surface area contributed by atoms with Crippen molar-refractivity contribution in [2.45, 2.75) is 38.5 Å². The molecule has 144 valence electrons. The minimum absolute atomic E-state index is 0.0545. The summed E-state index contributed by atoms with van der Waals surface area (Å²) in [7, 11) is 0. The zero-order valence-corrected chi connectivity index (χ0v) is 15.2. The van der Waals surface area contributed by atoms with Crippen molar-refractivity contribution in [3.63, 3.8) is 0 Å². The number of carbonyl (C=O) groups is 2. The van der Waals surface area contributed by atoms with E-state index in [1.54, 1.807) is 30.3 Å². The van der Waals surface area contributed by atoms with Crippen LogP contribution in [0.15, 0.2) is 40.8 Å². The number of benzene rings is 1. The Bertz CT molecular complexity index is 801. The number of piperidine rings is 1. The van der Waals surface area contributed by atoms with Crippen LogP contribution in [0.3, 0.4) is 0 Å². The number of hydrogen-bond acceptors (Lipinski definition) is 3. The highest BCUT2D eigenvalue weighted by Crippen LogP contribution is 2.26. The molecule has 1 aliphatic heterocycles. The lowest BCUT2D eigenvalue weighted by Gasteiger charge is -2.32. The summed E-state index contributed by atoms with van der Waals surface area (Å²) in [5.74, 6) is 0.300. The molecule has 0 aliphatic carbocycles. The number of likely N-dealkylation sites (tertiary alicyclic amines) is 1. The summed E-state index contributed by atoms with van der Waals surface area (Å²) in [6.07, 6.45) is 3.44. The van der Waals surface area contributed by atoms with Crippen LogP contribution in [-0.4, -0.2) is 35.0 Å². The molecule has 1 N–H and O–H groups in total. The van der Waals surface area contributed by atoms with Crippen LogP contribution in [-0.2, 0) is 16.0 Å². The van der Waals surface area contributed by atoms with Gasteiger partial charge in [0.05, 0.1) is 5.56 Å². The van der Waals surface area contributed by atoms with Gasteiger partial charge in [0.15, 0.2) is 0 Å². The van der Waals surface area contributed by atoms with Crippen molar-refractivity contribution in [2.24, 2.45) is 5.92 Å². The SMILES string of the molecule is O=C(O)CCC1CCCN(C(=O)CCc2ccc(-c3ccccc3F)o2)C1. The normalized spacial score (nSPS) is 17.1. The van der Waals surface area contributed by atoms with Gasteiger partial charge in [0.1, 0.15) is 17.3 Å². The number of carbonyl (C=O) groups excluding carboxylic acids is 1. The van der Waals surface area contributed by atoms with E-state index in [1.807, 2.05) is 4.90 Å². The predicted octanol–water partition coefficient (Wildman–Crippen LogP) is 4.12. The quantitative estimate of drug-likeness (QED) is 0.792. The second-order valence-corrected chi connectivity index (χ2v) is 7.03. The average molecular weight is 373 g/mol. The summed E-state index contributed by atoms with van der Waals surface area (Å²) in [6, 6.07) is 9.93. The molecule has 3 rings (SSSR count). The van der Waals surface area contributed by atoms with Crippen molar-refractivity contribution < 1.29 is 23.5 Å². The van der Waals surface area contributed by atoms with Crippen molar-refractivity contribution in [3.05, 3.63) is 48.0 Å². The van der Waals surface area contributed by atoms with Crippen molar-refractivity contribution in [3.8, 4) is 11.3 Å². The second-order valence-electron chi connectivity index (χ2n) is 7.03. The highest BCUT2D eigenvalue weighted by molar-refractivity contribution is 5.76. The van der Waals surface area contributed by atoms with Gasteiger partial charge in [-0.1, -0.05) is 12.1 Å². The van der Waals surface area contributed by atoms with Gasteiger partial charge >= 0.3 is 5.97 Å². The number of nitrogens with zero attached hydrogens (tertiary/aromatic N) is 1. The molecule has 0 spiro atoms. The molecular formula is C21H24FNO4. The molecule has 1 unspecified atom stereocenters. The standard InChI is InChI=1S/C21H24FNO4/c22-18-6-2-1-5-17(18)19-10-8-16(27-19)9-11-20(24)23-13-3-4-15(14-23)7-12-21(25)26/h1-2,5-6,8,10,15H,3-4,7,9,11-14H2,(H,25,26). The third-order valence-electron chi connectivity index (χ3n) is 5.02. The molecule has 2 aromatic rings. The highest BCUT2D eigenvalue weighted by atomic mass is 19.1. The number of carboxylic acids is 1. The lowest BCUT2D eigenvalue weighted by atomic mass is 9.93. The Hall–Kier alpha value is -2.63. The first-order valence-electron chi connectivity index (χ1n) is 9.36. The monoisotopic (exact) mass is 373 g/mol. The summed E-state index contributed by atoms with van der Waals surface area (Å²) in [6.45, 7) is 1.35. The van der Waals surface area contributed by atoms with E-state index in [1.165, 1.54) is 6.07 Å². The van der Waals surface area contributed by atoms with Crippen LogP contribution in [0, 0.1) is 11.7 Å². The van der Waals surface area contributed by atoms with Crippen LogP contribution in [0.1, 0.15) is 37.9 Å². The van der Waals surface area contributed by atoms with Crippen molar-refractivity contribution in [1.29, 1.82) is 0 Å². The Morgan fingerprint density at radius 3 is 2.78 bits per heavy atom. The van der Waals surface area contributed by atoms with Crippen molar-refractivity contribution in [2.75, 3.05) is 13.1 Å². The first-order valence-corrected chi connectivity index (χ1v) is 9.36. The fourth-order valence-corrected chi connectivity index (χ4v) is 3.56. The Kier molecular flexibility index (Phi) is 6.27. The lowest BCUT2D eigenvalue weighted by Crippen LogP contribution is -2.40. The molecule has 6 heteroatoms. The summed E-state index contributed by atoms with van der Waals surface area (Å²) < 4.78 is 19.5. The molecule has 1 amide bonds. The number of amides is 1. The Labute approximate surface area is 157 Å².